The lowest BCUT2D eigenvalue weighted by Gasteiger charge is -2.38. The summed E-state index contributed by atoms with van der Waals surface area (Å²) in [6.07, 6.45) is 0. The third-order valence-electron chi connectivity index (χ3n) is 2.74. The number of benzene rings is 1. The second-order valence-electron chi connectivity index (χ2n) is 3.79. The van der Waals surface area contributed by atoms with E-state index in [0.29, 0.717) is 13.1 Å². The second kappa shape index (κ2) is 3.61. The highest BCUT2D eigenvalue weighted by molar-refractivity contribution is 5.74. The summed E-state index contributed by atoms with van der Waals surface area (Å²) in [6.45, 7) is 2.70. The molecule has 0 saturated carbocycles. The van der Waals surface area contributed by atoms with Gasteiger partial charge in [-0.15, -0.1) is 0 Å². The van der Waals surface area contributed by atoms with Crippen molar-refractivity contribution in [2.45, 2.75) is 12.8 Å². The minimum atomic E-state index is -0.832. The zero-order valence-electron chi connectivity index (χ0n) is 8.34. The largest absolute Gasteiger partial charge is 0.342 e. The molecule has 1 heterocycles. The number of hydrogen-bond acceptors (Lipinski definition) is 1. The number of rotatable bonds is 1. The molecule has 0 aliphatic carbocycles. The lowest BCUT2D eigenvalue weighted by atomic mass is 9.91. The van der Waals surface area contributed by atoms with Crippen LogP contribution in [-0.2, 0) is 4.79 Å². The van der Waals surface area contributed by atoms with Crippen molar-refractivity contribution in [2.75, 3.05) is 13.1 Å². The first-order valence-electron chi connectivity index (χ1n) is 4.78. The Morgan fingerprint density at radius 1 is 1.33 bits per heavy atom. The molecular formula is C11H11F2NO. The van der Waals surface area contributed by atoms with Gasteiger partial charge in [0, 0.05) is 25.9 Å². The van der Waals surface area contributed by atoms with Gasteiger partial charge in [0.1, 0.15) is 0 Å². The van der Waals surface area contributed by atoms with Crippen molar-refractivity contribution in [1.82, 2.24) is 4.90 Å². The van der Waals surface area contributed by atoms with Crippen LogP contribution < -0.4 is 0 Å². The predicted octanol–water partition coefficient (Wildman–Crippen LogP) is 1.91. The van der Waals surface area contributed by atoms with Crippen molar-refractivity contribution in [3.63, 3.8) is 0 Å². The lowest BCUT2D eigenvalue weighted by Crippen LogP contribution is -2.47. The summed E-state index contributed by atoms with van der Waals surface area (Å²) in [5, 5.41) is 0. The molecule has 1 saturated heterocycles. The Bertz CT molecular complexity index is 400. The van der Waals surface area contributed by atoms with Gasteiger partial charge in [-0.3, -0.25) is 4.79 Å². The summed E-state index contributed by atoms with van der Waals surface area (Å²) in [6, 6.07) is 3.90. The molecule has 1 aromatic carbocycles. The Hall–Kier alpha value is -1.45. The minimum absolute atomic E-state index is 0.0221. The molecule has 0 aromatic heterocycles. The van der Waals surface area contributed by atoms with Crippen molar-refractivity contribution in [3.8, 4) is 0 Å². The van der Waals surface area contributed by atoms with Gasteiger partial charge in [-0.1, -0.05) is 6.07 Å². The molecule has 15 heavy (non-hydrogen) atoms. The molecule has 1 fully saturated rings. The van der Waals surface area contributed by atoms with Crippen molar-refractivity contribution >= 4 is 5.91 Å². The third kappa shape index (κ3) is 1.84. The molecule has 2 rings (SSSR count). The number of carbonyl (C=O) groups excluding carboxylic acids is 1. The van der Waals surface area contributed by atoms with Gasteiger partial charge < -0.3 is 4.90 Å². The Morgan fingerprint density at radius 2 is 2.00 bits per heavy atom. The zero-order chi connectivity index (χ0) is 11.0. The molecule has 0 spiro atoms. The molecule has 1 aliphatic heterocycles. The van der Waals surface area contributed by atoms with E-state index in [9.17, 15) is 13.6 Å². The van der Waals surface area contributed by atoms with E-state index in [0.717, 1.165) is 11.6 Å². The molecule has 0 unspecified atom stereocenters. The maximum Gasteiger partial charge on any atom is 0.219 e. The van der Waals surface area contributed by atoms with Crippen LogP contribution in [-0.4, -0.2) is 23.9 Å². The number of nitrogens with zero attached hydrogens (tertiary/aromatic N) is 1. The number of halogens is 2. The van der Waals surface area contributed by atoms with Crippen molar-refractivity contribution < 1.29 is 13.6 Å². The van der Waals surface area contributed by atoms with Crippen LogP contribution in [0.2, 0.25) is 0 Å². The van der Waals surface area contributed by atoms with Crippen molar-refractivity contribution in [1.29, 1.82) is 0 Å². The highest BCUT2D eigenvalue weighted by Gasteiger charge is 2.30. The molecule has 1 amide bonds. The summed E-state index contributed by atoms with van der Waals surface area (Å²) in [5.74, 6) is -1.49. The highest BCUT2D eigenvalue weighted by Crippen LogP contribution is 2.27. The number of likely N-dealkylation sites (tertiary alicyclic amines) is 1. The lowest BCUT2D eigenvalue weighted by molar-refractivity contribution is -0.133. The van der Waals surface area contributed by atoms with E-state index in [4.69, 9.17) is 0 Å². The van der Waals surface area contributed by atoms with E-state index in [1.165, 1.54) is 13.0 Å². The first-order valence-corrected chi connectivity index (χ1v) is 4.78. The van der Waals surface area contributed by atoms with E-state index >= 15 is 0 Å². The SMILES string of the molecule is CC(=O)N1CC(c2ccc(F)c(F)c2)C1. The van der Waals surface area contributed by atoms with Crippen LogP contribution in [0.4, 0.5) is 8.78 Å². The topological polar surface area (TPSA) is 20.3 Å². The molecule has 4 heteroatoms. The van der Waals surface area contributed by atoms with Crippen molar-refractivity contribution in [3.05, 3.63) is 35.4 Å². The van der Waals surface area contributed by atoms with E-state index in [2.05, 4.69) is 0 Å². The van der Waals surface area contributed by atoms with Gasteiger partial charge in [-0.2, -0.15) is 0 Å². The second-order valence-corrected chi connectivity index (χ2v) is 3.79. The maximum atomic E-state index is 12.9. The summed E-state index contributed by atoms with van der Waals surface area (Å²) >= 11 is 0. The smallest absolute Gasteiger partial charge is 0.219 e. The standard InChI is InChI=1S/C11H11F2NO/c1-7(15)14-5-9(6-14)8-2-3-10(12)11(13)4-8/h2-4,9H,5-6H2,1H3. The van der Waals surface area contributed by atoms with E-state index in [1.54, 1.807) is 11.0 Å². The number of hydrogen-bond donors (Lipinski definition) is 0. The molecule has 80 valence electrons. The Morgan fingerprint density at radius 3 is 2.53 bits per heavy atom. The van der Waals surface area contributed by atoms with E-state index < -0.39 is 11.6 Å². The van der Waals surface area contributed by atoms with Crippen LogP contribution in [0.5, 0.6) is 0 Å². The van der Waals surface area contributed by atoms with Crippen LogP contribution in [0.3, 0.4) is 0 Å². The van der Waals surface area contributed by atoms with Gasteiger partial charge in [-0.05, 0) is 17.7 Å². The van der Waals surface area contributed by atoms with E-state index in [-0.39, 0.29) is 11.8 Å². The average Bonchev–Trinajstić information content (AvgIpc) is 2.08. The predicted molar refractivity (Wildman–Crippen MR) is 51.4 cm³/mol. The van der Waals surface area contributed by atoms with Crippen molar-refractivity contribution in [2.24, 2.45) is 0 Å². The fraction of sp³-hybridized carbons (Fsp3) is 0.364. The third-order valence-corrected chi connectivity index (χ3v) is 2.74. The van der Waals surface area contributed by atoms with Gasteiger partial charge in [0.25, 0.3) is 0 Å². The maximum absolute atomic E-state index is 12.9. The quantitative estimate of drug-likeness (QED) is 0.694. The fourth-order valence-corrected chi connectivity index (χ4v) is 1.71. The Kier molecular flexibility index (Phi) is 2.42. The summed E-state index contributed by atoms with van der Waals surface area (Å²) < 4.78 is 25.5. The molecule has 0 atom stereocenters. The fourth-order valence-electron chi connectivity index (χ4n) is 1.71. The molecular weight excluding hydrogens is 200 g/mol. The summed E-state index contributed by atoms with van der Waals surface area (Å²) in [5.41, 5.74) is 0.756. The highest BCUT2D eigenvalue weighted by atomic mass is 19.2. The van der Waals surface area contributed by atoms with Gasteiger partial charge in [0.2, 0.25) is 5.91 Å². The Labute approximate surface area is 86.5 Å². The van der Waals surface area contributed by atoms with Gasteiger partial charge in [0.15, 0.2) is 11.6 Å². The molecule has 0 radical (unpaired) electrons. The summed E-state index contributed by atoms with van der Waals surface area (Å²) in [7, 11) is 0. The van der Waals surface area contributed by atoms with Crippen LogP contribution in [0, 0.1) is 11.6 Å². The molecule has 1 aliphatic rings. The molecule has 0 N–H and O–H groups in total. The molecule has 0 bridgehead atoms. The molecule has 1 aromatic rings. The zero-order valence-corrected chi connectivity index (χ0v) is 8.34. The van der Waals surface area contributed by atoms with Gasteiger partial charge in [0.05, 0.1) is 0 Å². The monoisotopic (exact) mass is 211 g/mol. The number of carbonyl (C=O) groups is 1. The first-order chi connectivity index (χ1) is 7.08. The Balaban J connectivity index is 2.07. The van der Waals surface area contributed by atoms with Crippen LogP contribution in [0.25, 0.3) is 0 Å². The van der Waals surface area contributed by atoms with Crippen LogP contribution >= 0.6 is 0 Å². The van der Waals surface area contributed by atoms with Crippen LogP contribution in [0.1, 0.15) is 18.4 Å². The summed E-state index contributed by atoms with van der Waals surface area (Å²) in [4.78, 5) is 12.6. The normalized spacial score (nSPS) is 16.3. The van der Waals surface area contributed by atoms with E-state index in [1.807, 2.05) is 0 Å². The minimum Gasteiger partial charge on any atom is -0.342 e. The van der Waals surface area contributed by atoms with Crippen LogP contribution in [0.15, 0.2) is 18.2 Å². The number of amides is 1. The average molecular weight is 211 g/mol. The van der Waals surface area contributed by atoms with Gasteiger partial charge in [-0.25, -0.2) is 8.78 Å². The van der Waals surface area contributed by atoms with Gasteiger partial charge >= 0.3 is 0 Å². The molecule has 2 nitrogen and oxygen atoms in total. The first kappa shape index (κ1) is 10.1.